The molecule has 0 spiro atoms. The number of hydrogen-bond acceptors (Lipinski definition) is 3. The number of aliphatic hydroxyl groups is 1. The highest BCUT2D eigenvalue weighted by atomic mass is 16.3. The molecule has 1 heterocycles. The molecule has 4 heteroatoms. The minimum Gasteiger partial charge on any atom is -0.390 e. The van der Waals surface area contributed by atoms with Gasteiger partial charge < -0.3 is 5.11 Å². The quantitative estimate of drug-likeness (QED) is 0.876. The van der Waals surface area contributed by atoms with E-state index in [0.717, 1.165) is 17.8 Å². The predicted molar refractivity (Wildman–Crippen MR) is 66.2 cm³/mol. The zero-order valence-corrected chi connectivity index (χ0v) is 10.2. The van der Waals surface area contributed by atoms with Gasteiger partial charge in [0.1, 0.15) is 5.69 Å². The van der Waals surface area contributed by atoms with Crippen LogP contribution in [0.2, 0.25) is 0 Å². The van der Waals surface area contributed by atoms with E-state index in [1.807, 2.05) is 35.0 Å². The molecule has 0 fully saturated rings. The van der Waals surface area contributed by atoms with Gasteiger partial charge in [0.05, 0.1) is 12.3 Å². The van der Waals surface area contributed by atoms with E-state index in [4.69, 9.17) is 0 Å². The lowest BCUT2D eigenvalue weighted by Gasteiger charge is -2.09. The summed E-state index contributed by atoms with van der Waals surface area (Å²) in [6, 6.07) is 9.94. The molecule has 0 saturated heterocycles. The molecule has 4 nitrogen and oxygen atoms in total. The lowest BCUT2D eigenvalue weighted by atomic mass is 10.1. The fourth-order valence-corrected chi connectivity index (χ4v) is 1.84. The maximum atomic E-state index is 9.31. The Kier molecular flexibility index (Phi) is 3.54. The first-order chi connectivity index (χ1) is 8.22. The van der Waals surface area contributed by atoms with Gasteiger partial charge in [0, 0.05) is 12.1 Å². The van der Waals surface area contributed by atoms with Gasteiger partial charge in [0.2, 0.25) is 0 Å². The summed E-state index contributed by atoms with van der Waals surface area (Å²) in [5.74, 6) is 0.491. The summed E-state index contributed by atoms with van der Waals surface area (Å²) in [6.07, 6.45) is 0. The molecular weight excluding hydrogens is 214 g/mol. The van der Waals surface area contributed by atoms with Crippen molar-refractivity contribution in [3.63, 3.8) is 0 Å². The predicted octanol–water partition coefficient (Wildman–Crippen LogP) is 2.09. The van der Waals surface area contributed by atoms with Crippen LogP contribution in [0.15, 0.2) is 30.3 Å². The second kappa shape index (κ2) is 5.10. The van der Waals surface area contributed by atoms with Crippen molar-refractivity contribution in [3.05, 3.63) is 36.0 Å². The van der Waals surface area contributed by atoms with E-state index < -0.39 is 0 Å². The van der Waals surface area contributed by atoms with Crippen molar-refractivity contribution in [3.8, 4) is 11.3 Å². The third kappa shape index (κ3) is 2.53. The van der Waals surface area contributed by atoms with E-state index in [-0.39, 0.29) is 6.61 Å². The van der Waals surface area contributed by atoms with E-state index >= 15 is 0 Å². The van der Waals surface area contributed by atoms with Crippen LogP contribution in [0.25, 0.3) is 11.3 Å². The third-order valence-corrected chi connectivity index (χ3v) is 2.54. The highest BCUT2D eigenvalue weighted by molar-refractivity contribution is 5.61. The number of benzene rings is 1. The molecule has 2 aromatic rings. The Morgan fingerprint density at radius 3 is 2.53 bits per heavy atom. The first-order valence-electron chi connectivity index (χ1n) is 5.81. The fourth-order valence-electron chi connectivity index (χ4n) is 1.84. The van der Waals surface area contributed by atoms with Crippen molar-refractivity contribution in [2.24, 2.45) is 5.92 Å². The summed E-state index contributed by atoms with van der Waals surface area (Å²) >= 11 is 0. The van der Waals surface area contributed by atoms with Crippen LogP contribution in [0.3, 0.4) is 0 Å². The highest BCUT2D eigenvalue weighted by Gasteiger charge is 2.14. The molecule has 0 saturated carbocycles. The molecular formula is C13H17N3O. The highest BCUT2D eigenvalue weighted by Crippen LogP contribution is 2.22. The van der Waals surface area contributed by atoms with Crippen LogP contribution in [0, 0.1) is 5.92 Å². The number of aromatic nitrogens is 3. The molecule has 1 aromatic carbocycles. The van der Waals surface area contributed by atoms with Crippen LogP contribution in [0.1, 0.15) is 19.5 Å². The van der Waals surface area contributed by atoms with Crippen LogP contribution in [0.4, 0.5) is 0 Å². The van der Waals surface area contributed by atoms with Crippen molar-refractivity contribution < 1.29 is 5.11 Å². The minimum absolute atomic E-state index is 0.0810. The third-order valence-electron chi connectivity index (χ3n) is 2.54. The van der Waals surface area contributed by atoms with Crippen LogP contribution >= 0.6 is 0 Å². The molecule has 0 bridgehead atoms. The molecule has 0 atom stereocenters. The molecule has 0 unspecified atom stereocenters. The fraction of sp³-hybridized carbons (Fsp3) is 0.385. The Hall–Kier alpha value is -1.68. The van der Waals surface area contributed by atoms with Gasteiger partial charge in [0.25, 0.3) is 0 Å². The second-order valence-electron chi connectivity index (χ2n) is 4.48. The zero-order chi connectivity index (χ0) is 12.3. The summed E-state index contributed by atoms with van der Waals surface area (Å²) in [6.45, 7) is 4.99. The number of aliphatic hydroxyl groups excluding tert-OH is 1. The SMILES string of the molecule is CC(C)Cn1nnc(CO)c1-c1ccccc1. The largest absolute Gasteiger partial charge is 0.390 e. The summed E-state index contributed by atoms with van der Waals surface area (Å²) < 4.78 is 1.87. The van der Waals surface area contributed by atoms with Crippen molar-refractivity contribution in [2.45, 2.75) is 27.0 Å². The summed E-state index contributed by atoms with van der Waals surface area (Å²) in [7, 11) is 0. The Labute approximate surface area is 101 Å². The van der Waals surface area contributed by atoms with E-state index in [9.17, 15) is 5.11 Å². The standard InChI is InChI=1S/C13H17N3O/c1-10(2)8-16-13(12(9-17)14-15-16)11-6-4-3-5-7-11/h3-7,10,17H,8-9H2,1-2H3. The van der Waals surface area contributed by atoms with Gasteiger partial charge in [-0.3, -0.25) is 0 Å². The second-order valence-corrected chi connectivity index (χ2v) is 4.48. The maximum absolute atomic E-state index is 9.31. The topological polar surface area (TPSA) is 50.9 Å². The van der Waals surface area contributed by atoms with Crippen LogP contribution < -0.4 is 0 Å². The van der Waals surface area contributed by atoms with E-state index in [2.05, 4.69) is 24.2 Å². The monoisotopic (exact) mass is 231 g/mol. The average molecular weight is 231 g/mol. The molecule has 0 aliphatic carbocycles. The van der Waals surface area contributed by atoms with E-state index in [1.54, 1.807) is 0 Å². The molecule has 90 valence electrons. The van der Waals surface area contributed by atoms with Crippen molar-refractivity contribution in [1.82, 2.24) is 15.0 Å². The van der Waals surface area contributed by atoms with Gasteiger partial charge in [-0.15, -0.1) is 5.10 Å². The Balaban J connectivity index is 2.46. The summed E-state index contributed by atoms with van der Waals surface area (Å²) in [4.78, 5) is 0. The molecule has 1 N–H and O–H groups in total. The van der Waals surface area contributed by atoms with Gasteiger partial charge in [-0.25, -0.2) is 4.68 Å². The molecule has 2 rings (SSSR count). The Morgan fingerprint density at radius 2 is 1.94 bits per heavy atom. The van der Waals surface area contributed by atoms with Crippen LogP contribution in [0.5, 0.6) is 0 Å². The van der Waals surface area contributed by atoms with Gasteiger partial charge >= 0.3 is 0 Å². The van der Waals surface area contributed by atoms with Crippen molar-refractivity contribution in [1.29, 1.82) is 0 Å². The normalized spacial score (nSPS) is 11.1. The Bertz CT molecular complexity index is 477. The van der Waals surface area contributed by atoms with Crippen molar-refractivity contribution in [2.75, 3.05) is 0 Å². The van der Waals surface area contributed by atoms with Gasteiger partial charge in [-0.1, -0.05) is 49.4 Å². The lowest BCUT2D eigenvalue weighted by molar-refractivity contribution is 0.277. The van der Waals surface area contributed by atoms with Crippen molar-refractivity contribution >= 4 is 0 Å². The van der Waals surface area contributed by atoms with Gasteiger partial charge in [-0.05, 0) is 5.92 Å². The molecule has 0 aliphatic heterocycles. The van der Waals surface area contributed by atoms with E-state index in [1.165, 1.54) is 0 Å². The van der Waals surface area contributed by atoms with Gasteiger partial charge in [-0.2, -0.15) is 0 Å². The smallest absolute Gasteiger partial charge is 0.116 e. The zero-order valence-electron chi connectivity index (χ0n) is 10.2. The molecule has 0 amide bonds. The van der Waals surface area contributed by atoms with Gasteiger partial charge in [0.15, 0.2) is 0 Å². The summed E-state index contributed by atoms with van der Waals surface area (Å²) in [5.41, 5.74) is 2.60. The first kappa shape index (κ1) is 11.8. The lowest BCUT2D eigenvalue weighted by Crippen LogP contribution is -2.08. The molecule has 1 aromatic heterocycles. The maximum Gasteiger partial charge on any atom is 0.116 e. The molecule has 0 radical (unpaired) electrons. The minimum atomic E-state index is -0.0810. The number of nitrogens with zero attached hydrogens (tertiary/aromatic N) is 3. The molecule has 0 aliphatic rings. The number of rotatable bonds is 4. The molecule has 17 heavy (non-hydrogen) atoms. The Morgan fingerprint density at radius 1 is 1.24 bits per heavy atom. The van der Waals surface area contributed by atoms with E-state index in [0.29, 0.717) is 11.6 Å². The van der Waals surface area contributed by atoms with Crippen LogP contribution in [-0.2, 0) is 13.2 Å². The average Bonchev–Trinajstić information content (AvgIpc) is 2.72. The number of hydrogen-bond donors (Lipinski definition) is 1. The van der Waals surface area contributed by atoms with Crippen LogP contribution in [-0.4, -0.2) is 20.1 Å². The summed E-state index contributed by atoms with van der Waals surface area (Å²) in [5, 5.41) is 17.4. The first-order valence-corrected chi connectivity index (χ1v) is 5.81.